The predicted molar refractivity (Wildman–Crippen MR) is 145 cm³/mol. The Morgan fingerprint density at radius 3 is 2.57 bits per heavy atom. The zero-order chi connectivity index (χ0) is 24.5. The van der Waals surface area contributed by atoms with Gasteiger partial charge in [0.05, 0.1) is 6.20 Å². The Kier molecular flexibility index (Phi) is 6.30. The number of benzene rings is 1. The van der Waals surface area contributed by atoms with Crippen LogP contribution in [0, 0.1) is 0 Å². The minimum absolute atomic E-state index is 0.481. The fraction of sp³-hybridized carbons (Fsp3) is 0.296. The summed E-state index contributed by atoms with van der Waals surface area (Å²) >= 11 is 0. The van der Waals surface area contributed by atoms with E-state index in [0.717, 1.165) is 65.2 Å². The minimum Gasteiger partial charge on any atom is -0.354 e. The molecule has 5 rings (SSSR count). The van der Waals surface area contributed by atoms with E-state index in [-0.39, 0.29) is 0 Å². The molecule has 176 valence electrons. The third kappa shape index (κ3) is 4.93. The summed E-state index contributed by atoms with van der Waals surface area (Å²) in [6.07, 6.45) is 5.70. The first-order valence-electron chi connectivity index (χ1n) is 12.0. The van der Waals surface area contributed by atoms with Crippen LogP contribution in [0.1, 0.15) is 19.4 Å². The van der Waals surface area contributed by atoms with Crippen LogP contribution in [0.2, 0.25) is 0 Å². The Morgan fingerprint density at radius 1 is 1.06 bits per heavy atom. The first-order valence-corrected chi connectivity index (χ1v) is 12.0. The van der Waals surface area contributed by atoms with Crippen LogP contribution in [0.3, 0.4) is 0 Å². The van der Waals surface area contributed by atoms with E-state index in [4.69, 9.17) is 7.85 Å². The number of aryl methyl sites for hydroxylation is 1. The van der Waals surface area contributed by atoms with Crippen molar-refractivity contribution in [3.05, 3.63) is 67.1 Å². The molecule has 4 heterocycles. The summed E-state index contributed by atoms with van der Waals surface area (Å²) < 4.78 is 1.80. The Labute approximate surface area is 207 Å². The molecule has 1 aliphatic heterocycles. The third-order valence-electron chi connectivity index (χ3n) is 6.64. The predicted octanol–water partition coefficient (Wildman–Crippen LogP) is 3.44. The minimum atomic E-state index is 0.481. The fourth-order valence-corrected chi connectivity index (χ4v) is 4.57. The van der Waals surface area contributed by atoms with E-state index in [2.05, 4.69) is 62.7 Å². The second kappa shape index (κ2) is 9.54. The van der Waals surface area contributed by atoms with Gasteiger partial charge in [0.2, 0.25) is 0 Å². The Morgan fingerprint density at radius 2 is 1.86 bits per heavy atom. The van der Waals surface area contributed by atoms with Crippen molar-refractivity contribution < 1.29 is 0 Å². The monoisotopic (exact) mass is 463 g/mol. The smallest absolute Gasteiger partial charge is 0.142 e. The van der Waals surface area contributed by atoms with Gasteiger partial charge < -0.3 is 10.2 Å². The van der Waals surface area contributed by atoms with E-state index in [1.165, 1.54) is 0 Å². The highest BCUT2D eigenvalue weighted by Crippen LogP contribution is 2.26. The largest absolute Gasteiger partial charge is 0.354 e. The molecule has 4 aromatic rings. The van der Waals surface area contributed by atoms with Gasteiger partial charge in [0.1, 0.15) is 19.5 Å². The lowest BCUT2D eigenvalue weighted by Crippen LogP contribution is -2.49. The molecule has 1 aromatic carbocycles. The van der Waals surface area contributed by atoms with Crippen molar-refractivity contribution in [1.29, 1.82) is 0 Å². The van der Waals surface area contributed by atoms with Gasteiger partial charge in [0, 0.05) is 68.5 Å². The highest BCUT2D eigenvalue weighted by atomic mass is 15.3. The lowest BCUT2D eigenvalue weighted by atomic mass is 9.94. The van der Waals surface area contributed by atoms with Gasteiger partial charge in [-0.3, -0.25) is 9.58 Å². The van der Waals surface area contributed by atoms with Gasteiger partial charge in [-0.15, -0.1) is 0 Å². The number of pyridine rings is 2. The van der Waals surface area contributed by atoms with Gasteiger partial charge in [-0.05, 0) is 60.0 Å². The number of hydrogen-bond acceptors (Lipinski definition) is 6. The molecule has 0 spiro atoms. The number of hydrogen-bond donors (Lipinski definition) is 1. The number of aromatic nitrogens is 4. The van der Waals surface area contributed by atoms with Crippen LogP contribution in [-0.4, -0.2) is 64.7 Å². The third-order valence-corrected chi connectivity index (χ3v) is 6.64. The van der Waals surface area contributed by atoms with Crippen LogP contribution in [0.5, 0.6) is 0 Å². The molecule has 0 aliphatic carbocycles. The number of nitrogens with zero attached hydrogens (tertiary/aromatic N) is 6. The van der Waals surface area contributed by atoms with Gasteiger partial charge in [0.25, 0.3) is 0 Å². The average molecular weight is 463 g/mol. The SMILES string of the molecule is [B]c1nc(NC(=C)c2ccnc(N3CCN(C(C)C)CC3)c2)cc2cc(-c3cnn(C)c3)ccc12. The molecule has 0 amide bonds. The first-order chi connectivity index (χ1) is 16.9. The number of piperazine rings is 1. The second-order valence-electron chi connectivity index (χ2n) is 9.35. The summed E-state index contributed by atoms with van der Waals surface area (Å²) in [5.74, 6) is 1.63. The van der Waals surface area contributed by atoms with Gasteiger partial charge >= 0.3 is 0 Å². The molecule has 0 bridgehead atoms. The maximum absolute atomic E-state index is 6.30. The van der Waals surface area contributed by atoms with Gasteiger partial charge in [-0.1, -0.05) is 18.7 Å². The van der Waals surface area contributed by atoms with E-state index in [9.17, 15) is 0 Å². The van der Waals surface area contributed by atoms with Crippen LogP contribution in [0.4, 0.5) is 11.6 Å². The van der Waals surface area contributed by atoms with E-state index in [1.807, 2.05) is 49.9 Å². The molecule has 0 atom stereocenters. The molecule has 1 fully saturated rings. The fourth-order valence-electron chi connectivity index (χ4n) is 4.57. The van der Waals surface area contributed by atoms with Crippen molar-refractivity contribution in [3.63, 3.8) is 0 Å². The molecule has 1 aliphatic rings. The maximum atomic E-state index is 6.30. The quantitative estimate of drug-likeness (QED) is 0.442. The summed E-state index contributed by atoms with van der Waals surface area (Å²) in [4.78, 5) is 14.0. The van der Waals surface area contributed by atoms with Crippen LogP contribution in [0.15, 0.2) is 61.6 Å². The van der Waals surface area contributed by atoms with Crippen LogP contribution in [-0.2, 0) is 7.05 Å². The zero-order valence-electron chi connectivity index (χ0n) is 20.6. The molecule has 1 saturated heterocycles. The number of rotatable bonds is 6. The number of anilines is 2. The molecule has 35 heavy (non-hydrogen) atoms. The van der Waals surface area contributed by atoms with Crippen LogP contribution < -0.4 is 15.8 Å². The Hall–Kier alpha value is -3.65. The van der Waals surface area contributed by atoms with E-state index < -0.39 is 0 Å². The standard InChI is InChI=1S/C27H30BN7/c1-18(2)34-9-11-35(12-10-34)26-15-20(7-8-29-26)19(3)31-25-14-22-13-21(23-16-30-33(4)17-23)5-6-24(22)27(28)32-25/h5-8,13-18H,3,9-12H2,1-2,4H3,(H,31,32). The Bertz CT molecular complexity index is 1370. The first kappa shape index (κ1) is 23.1. The van der Waals surface area contributed by atoms with Crippen LogP contribution >= 0.6 is 0 Å². The molecule has 3 aromatic heterocycles. The number of fused-ring (bicyclic) bond motifs is 1. The van der Waals surface area contributed by atoms with Gasteiger partial charge in [-0.2, -0.15) is 5.10 Å². The lowest BCUT2D eigenvalue weighted by Gasteiger charge is -2.37. The van der Waals surface area contributed by atoms with Crippen molar-refractivity contribution >= 4 is 41.5 Å². The van der Waals surface area contributed by atoms with Crippen molar-refractivity contribution in [3.8, 4) is 11.1 Å². The van der Waals surface area contributed by atoms with Crippen molar-refractivity contribution in [2.45, 2.75) is 19.9 Å². The maximum Gasteiger partial charge on any atom is 0.142 e. The molecular weight excluding hydrogens is 433 g/mol. The molecule has 7 nitrogen and oxygen atoms in total. The molecule has 1 N–H and O–H groups in total. The summed E-state index contributed by atoms with van der Waals surface area (Å²) in [7, 11) is 8.21. The number of nitrogens with one attached hydrogen (secondary N) is 1. The summed E-state index contributed by atoms with van der Waals surface area (Å²) in [5.41, 5.74) is 4.35. The lowest BCUT2D eigenvalue weighted by molar-refractivity contribution is 0.209. The highest BCUT2D eigenvalue weighted by molar-refractivity contribution is 6.37. The summed E-state index contributed by atoms with van der Waals surface area (Å²) in [5, 5.41) is 9.55. The van der Waals surface area contributed by atoms with Crippen LogP contribution in [0.25, 0.3) is 27.6 Å². The molecule has 0 saturated carbocycles. The topological polar surface area (TPSA) is 62.1 Å². The van der Waals surface area contributed by atoms with Gasteiger partial charge in [-0.25, -0.2) is 9.97 Å². The highest BCUT2D eigenvalue weighted by Gasteiger charge is 2.20. The molecule has 8 heteroatoms. The zero-order valence-corrected chi connectivity index (χ0v) is 20.6. The van der Waals surface area contributed by atoms with Crippen molar-refractivity contribution in [1.82, 2.24) is 24.6 Å². The average Bonchev–Trinajstić information content (AvgIpc) is 3.30. The van der Waals surface area contributed by atoms with Crippen molar-refractivity contribution in [2.75, 3.05) is 36.4 Å². The van der Waals surface area contributed by atoms with E-state index in [0.29, 0.717) is 17.5 Å². The van der Waals surface area contributed by atoms with Gasteiger partial charge in [0.15, 0.2) is 0 Å². The Balaban J connectivity index is 1.35. The van der Waals surface area contributed by atoms with E-state index in [1.54, 1.807) is 4.68 Å². The second-order valence-corrected chi connectivity index (χ2v) is 9.35. The molecule has 0 unspecified atom stereocenters. The normalized spacial score (nSPS) is 14.6. The van der Waals surface area contributed by atoms with Crippen molar-refractivity contribution in [2.24, 2.45) is 7.05 Å². The van der Waals surface area contributed by atoms with E-state index >= 15 is 0 Å². The molecular formula is C27H30BN7. The summed E-state index contributed by atoms with van der Waals surface area (Å²) in [6, 6.07) is 12.8. The molecule has 2 radical (unpaired) electrons. The summed E-state index contributed by atoms with van der Waals surface area (Å²) in [6.45, 7) is 12.8.